The first kappa shape index (κ1) is 23.3. The Morgan fingerprint density at radius 3 is 2.33 bits per heavy atom. The van der Waals surface area contributed by atoms with Gasteiger partial charge in [-0.3, -0.25) is 9.59 Å². The number of hydrogen-bond donors (Lipinski definition) is 3. The van der Waals surface area contributed by atoms with Crippen molar-refractivity contribution in [1.82, 2.24) is 10.6 Å². The summed E-state index contributed by atoms with van der Waals surface area (Å²) < 4.78 is 5.16. The van der Waals surface area contributed by atoms with Crippen molar-refractivity contribution in [2.24, 2.45) is 5.92 Å². The second-order valence-corrected chi connectivity index (χ2v) is 8.04. The molecule has 6 heteroatoms. The van der Waals surface area contributed by atoms with Crippen LogP contribution >= 0.6 is 0 Å². The number of benzene rings is 2. The van der Waals surface area contributed by atoms with E-state index >= 15 is 0 Å². The van der Waals surface area contributed by atoms with Crippen LogP contribution in [0.25, 0.3) is 0 Å². The van der Waals surface area contributed by atoms with Crippen LogP contribution in [0.1, 0.15) is 43.1 Å². The van der Waals surface area contributed by atoms with Gasteiger partial charge in [0, 0.05) is 23.8 Å². The van der Waals surface area contributed by atoms with E-state index in [4.69, 9.17) is 4.74 Å². The van der Waals surface area contributed by atoms with Crippen molar-refractivity contribution in [3.8, 4) is 5.75 Å². The fraction of sp³-hybridized carbons (Fsp3) is 0.417. The number of hydrogen-bond acceptors (Lipinski definition) is 4. The first-order valence-electron chi connectivity index (χ1n) is 10.3. The molecule has 2 atom stereocenters. The van der Waals surface area contributed by atoms with Crippen LogP contribution in [0.5, 0.6) is 5.75 Å². The maximum absolute atomic E-state index is 12.8. The molecule has 2 rings (SSSR count). The summed E-state index contributed by atoms with van der Waals surface area (Å²) in [6.07, 6.45) is 0.573. The Labute approximate surface area is 179 Å². The van der Waals surface area contributed by atoms with Crippen LogP contribution in [0.4, 0.5) is 5.69 Å². The summed E-state index contributed by atoms with van der Waals surface area (Å²) in [6, 6.07) is 14.4. The number of anilines is 1. The minimum Gasteiger partial charge on any atom is -0.497 e. The molecular formula is C24H33N3O3. The predicted molar refractivity (Wildman–Crippen MR) is 121 cm³/mol. The van der Waals surface area contributed by atoms with Crippen LogP contribution in [0.15, 0.2) is 48.5 Å². The fourth-order valence-electron chi connectivity index (χ4n) is 3.13. The summed E-state index contributed by atoms with van der Waals surface area (Å²) in [5.41, 5.74) is 2.51. The number of nitrogens with one attached hydrogen (secondary N) is 3. The molecule has 0 fully saturated rings. The van der Waals surface area contributed by atoms with Gasteiger partial charge in [-0.2, -0.15) is 0 Å². The Hall–Kier alpha value is -3.02. The minimum atomic E-state index is -0.578. The molecule has 0 saturated carbocycles. The van der Waals surface area contributed by atoms with Crippen LogP contribution in [-0.4, -0.2) is 37.6 Å². The largest absolute Gasteiger partial charge is 0.497 e. The maximum Gasteiger partial charge on any atom is 0.251 e. The van der Waals surface area contributed by atoms with E-state index in [1.54, 1.807) is 13.2 Å². The van der Waals surface area contributed by atoms with Crippen molar-refractivity contribution >= 4 is 17.5 Å². The van der Waals surface area contributed by atoms with Gasteiger partial charge in [0.25, 0.3) is 5.91 Å². The van der Waals surface area contributed by atoms with E-state index in [2.05, 4.69) is 16.0 Å². The van der Waals surface area contributed by atoms with Gasteiger partial charge in [0.15, 0.2) is 0 Å². The number of methoxy groups -OCH3 is 1. The summed E-state index contributed by atoms with van der Waals surface area (Å²) in [7, 11) is 1.63. The normalized spacial score (nSPS) is 12.7. The van der Waals surface area contributed by atoms with Crippen LogP contribution in [-0.2, 0) is 4.79 Å². The van der Waals surface area contributed by atoms with Crippen LogP contribution in [0.2, 0.25) is 0 Å². The molecule has 0 radical (unpaired) electrons. The highest BCUT2D eigenvalue weighted by molar-refractivity contribution is 5.97. The molecule has 0 heterocycles. The standard InChI is InChI=1S/C24H33N3O3/c1-16(2)13-22(27-23(28)19-8-6-7-17(3)14-19)24(29)25-15-18(4)26-20-9-11-21(30-5)12-10-20/h6-12,14,16,18,22,26H,13,15H2,1-5H3,(H,25,29)(H,27,28)/t18-,22?/m0/s1. The third-order valence-corrected chi connectivity index (χ3v) is 4.69. The van der Waals surface area contributed by atoms with E-state index < -0.39 is 6.04 Å². The van der Waals surface area contributed by atoms with Crippen LogP contribution in [0.3, 0.4) is 0 Å². The molecule has 0 bridgehead atoms. The average Bonchev–Trinajstić information content (AvgIpc) is 2.71. The molecule has 6 nitrogen and oxygen atoms in total. The van der Waals surface area contributed by atoms with E-state index in [-0.39, 0.29) is 23.8 Å². The zero-order valence-electron chi connectivity index (χ0n) is 18.5. The van der Waals surface area contributed by atoms with Gasteiger partial charge in [-0.1, -0.05) is 31.5 Å². The molecular weight excluding hydrogens is 378 g/mol. The Balaban J connectivity index is 1.92. The fourth-order valence-corrected chi connectivity index (χ4v) is 3.13. The molecule has 0 spiro atoms. The number of ether oxygens (including phenoxy) is 1. The topological polar surface area (TPSA) is 79.5 Å². The molecule has 1 unspecified atom stereocenters. The van der Waals surface area contributed by atoms with Crippen molar-refractivity contribution in [2.75, 3.05) is 19.0 Å². The minimum absolute atomic E-state index is 0.0227. The quantitative estimate of drug-likeness (QED) is 0.556. The molecule has 162 valence electrons. The van der Waals surface area contributed by atoms with Gasteiger partial charge in [-0.25, -0.2) is 0 Å². The Kier molecular flexibility index (Phi) is 8.71. The zero-order chi connectivity index (χ0) is 22.1. The lowest BCUT2D eigenvalue weighted by molar-refractivity contribution is -0.123. The lowest BCUT2D eigenvalue weighted by Gasteiger charge is -2.22. The Morgan fingerprint density at radius 1 is 1.03 bits per heavy atom. The summed E-state index contributed by atoms with van der Waals surface area (Å²) >= 11 is 0. The number of carbonyl (C=O) groups excluding carboxylic acids is 2. The van der Waals surface area contributed by atoms with Gasteiger partial charge in [-0.05, 0) is 62.6 Å². The van der Waals surface area contributed by atoms with Gasteiger partial charge in [-0.15, -0.1) is 0 Å². The van der Waals surface area contributed by atoms with E-state index in [0.29, 0.717) is 18.5 Å². The maximum atomic E-state index is 12.8. The summed E-state index contributed by atoms with van der Waals surface area (Å²) in [4.78, 5) is 25.4. The number of rotatable bonds is 10. The van der Waals surface area contributed by atoms with Crippen LogP contribution < -0.4 is 20.7 Å². The van der Waals surface area contributed by atoms with Crippen LogP contribution in [0, 0.1) is 12.8 Å². The molecule has 2 amide bonds. The highest BCUT2D eigenvalue weighted by Crippen LogP contribution is 2.15. The van der Waals surface area contributed by atoms with E-state index in [1.807, 2.05) is 70.2 Å². The molecule has 2 aromatic carbocycles. The molecule has 30 heavy (non-hydrogen) atoms. The van der Waals surface area contributed by atoms with Gasteiger partial charge in [0.1, 0.15) is 11.8 Å². The summed E-state index contributed by atoms with van der Waals surface area (Å²) in [5.74, 6) is 0.660. The van der Waals surface area contributed by atoms with Crippen molar-refractivity contribution in [2.45, 2.75) is 46.2 Å². The molecule has 3 N–H and O–H groups in total. The number of amides is 2. The Bertz CT molecular complexity index is 834. The first-order chi connectivity index (χ1) is 14.3. The molecule has 0 aliphatic rings. The lowest BCUT2D eigenvalue weighted by Crippen LogP contribution is -2.49. The van der Waals surface area contributed by atoms with Gasteiger partial charge < -0.3 is 20.7 Å². The van der Waals surface area contributed by atoms with Crippen molar-refractivity contribution in [3.05, 3.63) is 59.7 Å². The smallest absolute Gasteiger partial charge is 0.251 e. The van der Waals surface area contributed by atoms with Gasteiger partial charge in [0.05, 0.1) is 7.11 Å². The second kappa shape index (κ2) is 11.2. The van der Waals surface area contributed by atoms with E-state index in [9.17, 15) is 9.59 Å². The van der Waals surface area contributed by atoms with E-state index in [0.717, 1.165) is 17.0 Å². The monoisotopic (exact) mass is 411 g/mol. The highest BCUT2D eigenvalue weighted by atomic mass is 16.5. The summed E-state index contributed by atoms with van der Waals surface area (Å²) in [6.45, 7) is 8.44. The van der Waals surface area contributed by atoms with E-state index in [1.165, 1.54) is 0 Å². The second-order valence-electron chi connectivity index (χ2n) is 8.04. The zero-order valence-corrected chi connectivity index (χ0v) is 18.5. The number of aryl methyl sites for hydroxylation is 1. The van der Waals surface area contributed by atoms with Crippen molar-refractivity contribution < 1.29 is 14.3 Å². The third-order valence-electron chi connectivity index (χ3n) is 4.69. The summed E-state index contributed by atoms with van der Waals surface area (Å²) in [5, 5.41) is 9.19. The number of carbonyl (C=O) groups is 2. The molecule has 2 aromatic rings. The SMILES string of the molecule is COc1ccc(N[C@@H](C)CNC(=O)C(CC(C)C)NC(=O)c2cccc(C)c2)cc1. The molecule has 0 saturated heterocycles. The van der Waals surface area contributed by atoms with Crippen molar-refractivity contribution in [1.29, 1.82) is 0 Å². The molecule has 0 aliphatic carbocycles. The van der Waals surface area contributed by atoms with Gasteiger partial charge >= 0.3 is 0 Å². The molecule has 0 aliphatic heterocycles. The Morgan fingerprint density at radius 2 is 1.73 bits per heavy atom. The predicted octanol–water partition coefficient (Wildman–Crippen LogP) is 3.76. The third kappa shape index (κ3) is 7.43. The van der Waals surface area contributed by atoms with Gasteiger partial charge in [0.2, 0.25) is 5.91 Å². The first-order valence-corrected chi connectivity index (χ1v) is 10.3. The molecule has 0 aromatic heterocycles. The van der Waals surface area contributed by atoms with Crippen molar-refractivity contribution in [3.63, 3.8) is 0 Å². The average molecular weight is 412 g/mol. The lowest BCUT2D eigenvalue weighted by atomic mass is 10.0. The highest BCUT2D eigenvalue weighted by Gasteiger charge is 2.22.